The van der Waals surface area contributed by atoms with Crippen molar-refractivity contribution in [3.8, 4) is 0 Å². The smallest absolute Gasteiger partial charge is 0.340 e. The number of carbonyl (C=O) groups excluding carboxylic acids is 2. The second-order valence-electron chi connectivity index (χ2n) is 5.99. The molecule has 0 saturated heterocycles. The molecule has 0 aliphatic heterocycles. The number of esters is 1. The van der Waals surface area contributed by atoms with Crippen LogP contribution in [0, 0.1) is 0 Å². The maximum atomic E-state index is 12.4. The number of rotatable bonds is 7. The lowest BCUT2D eigenvalue weighted by molar-refractivity contribution is -0.123. The van der Waals surface area contributed by atoms with Crippen LogP contribution in [0.2, 0.25) is 0 Å². The molecule has 0 aliphatic carbocycles. The molecule has 144 valence electrons. The second-order valence-corrected chi connectivity index (χ2v) is 8.23. The van der Waals surface area contributed by atoms with Crippen LogP contribution >= 0.6 is 0 Å². The van der Waals surface area contributed by atoms with Gasteiger partial charge in [0.2, 0.25) is 0 Å². The van der Waals surface area contributed by atoms with E-state index in [9.17, 15) is 18.0 Å². The predicted molar refractivity (Wildman–Crippen MR) is 103 cm³/mol. The fourth-order valence-corrected chi connectivity index (χ4v) is 3.49. The average Bonchev–Trinajstić information content (AvgIpc) is 2.68. The Morgan fingerprint density at radius 2 is 1.67 bits per heavy atom. The lowest BCUT2D eigenvalue weighted by atomic mass is 10.1. The Bertz CT molecular complexity index is 920. The molecule has 0 bridgehead atoms. The van der Waals surface area contributed by atoms with Gasteiger partial charge in [0.25, 0.3) is 5.91 Å². The second kappa shape index (κ2) is 8.81. The van der Waals surface area contributed by atoms with Crippen LogP contribution in [0.1, 0.15) is 36.7 Å². The molecule has 0 aromatic heterocycles. The number of aryl methyl sites for hydroxylation is 1. The zero-order chi connectivity index (χ0) is 20.0. The Labute approximate surface area is 159 Å². The van der Waals surface area contributed by atoms with Gasteiger partial charge in [-0.3, -0.25) is 4.79 Å². The third-order valence-corrected chi connectivity index (χ3v) is 5.89. The molecular weight excluding hydrogens is 366 g/mol. The van der Waals surface area contributed by atoms with Crippen LogP contribution in [0.15, 0.2) is 53.4 Å². The number of benzene rings is 2. The topological polar surface area (TPSA) is 89.5 Å². The monoisotopic (exact) mass is 389 g/mol. The maximum absolute atomic E-state index is 12.4. The molecule has 6 nitrogen and oxygen atoms in total. The van der Waals surface area contributed by atoms with Crippen LogP contribution in [-0.4, -0.2) is 32.2 Å². The zero-order valence-corrected chi connectivity index (χ0v) is 16.4. The van der Waals surface area contributed by atoms with Crippen LogP contribution in [0.3, 0.4) is 0 Å². The molecule has 0 aliphatic rings. The van der Waals surface area contributed by atoms with Gasteiger partial charge in [-0.15, -0.1) is 0 Å². The van der Waals surface area contributed by atoms with E-state index in [1.165, 1.54) is 32.0 Å². The van der Waals surface area contributed by atoms with E-state index in [1.54, 1.807) is 18.2 Å². The summed E-state index contributed by atoms with van der Waals surface area (Å²) in [5, 5.41) is 2.67. The van der Waals surface area contributed by atoms with Gasteiger partial charge < -0.3 is 10.1 Å². The van der Waals surface area contributed by atoms with Crippen molar-refractivity contribution in [2.45, 2.75) is 38.2 Å². The molecule has 0 unspecified atom stereocenters. The first-order valence-corrected chi connectivity index (χ1v) is 10.4. The number of nitrogens with one attached hydrogen (secondary N) is 1. The molecule has 0 fully saturated rings. The number of hydrogen-bond donors (Lipinski definition) is 1. The summed E-state index contributed by atoms with van der Waals surface area (Å²) in [6, 6.07) is 13.2. The highest BCUT2D eigenvalue weighted by Gasteiger charge is 2.25. The van der Waals surface area contributed by atoms with Gasteiger partial charge in [-0.2, -0.15) is 0 Å². The van der Waals surface area contributed by atoms with E-state index in [4.69, 9.17) is 4.74 Å². The van der Waals surface area contributed by atoms with Crippen molar-refractivity contribution < 1.29 is 22.7 Å². The fourth-order valence-electron chi connectivity index (χ4n) is 2.41. The van der Waals surface area contributed by atoms with Crippen molar-refractivity contribution in [1.82, 2.24) is 0 Å². The maximum Gasteiger partial charge on any atom is 0.340 e. The molecule has 2 aromatic rings. The fraction of sp³-hybridized carbons (Fsp3) is 0.300. The predicted octanol–water partition coefficient (Wildman–Crippen LogP) is 3.23. The van der Waals surface area contributed by atoms with Crippen LogP contribution in [0.25, 0.3) is 0 Å². The van der Waals surface area contributed by atoms with Gasteiger partial charge in [-0.25, -0.2) is 13.2 Å². The summed E-state index contributed by atoms with van der Waals surface area (Å²) in [6.07, 6.45) is -0.191. The van der Waals surface area contributed by atoms with E-state index in [0.29, 0.717) is 5.69 Å². The van der Waals surface area contributed by atoms with Crippen LogP contribution in [-0.2, 0) is 25.8 Å². The standard InChI is InChI=1S/C20H23NO5S/c1-4-15-10-12-16(13-11-15)21-19(22)14(3)26-20(23)17-8-6-7-9-18(17)27(24,25)5-2/h6-14H,4-5H2,1-3H3,(H,21,22)/t14-/m1/s1. The van der Waals surface area contributed by atoms with Crippen LogP contribution in [0.5, 0.6) is 0 Å². The number of anilines is 1. The Morgan fingerprint density at radius 3 is 2.26 bits per heavy atom. The van der Waals surface area contributed by atoms with Crippen molar-refractivity contribution in [2.24, 2.45) is 0 Å². The molecular formula is C20H23NO5S. The van der Waals surface area contributed by atoms with Crippen LogP contribution < -0.4 is 5.32 Å². The van der Waals surface area contributed by atoms with Gasteiger partial charge in [0.1, 0.15) is 0 Å². The average molecular weight is 389 g/mol. The van der Waals surface area contributed by atoms with Gasteiger partial charge in [0, 0.05) is 5.69 Å². The zero-order valence-electron chi connectivity index (χ0n) is 15.6. The minimum absolute atomic E-state index is 0.0775. The molecule has 1 atom stereocenters. The summed E-state index contributed by atoms with van der Waals surface area (Å²) in [5.41, 5.74) is 1.65. The molecule has 2 aromatic carbocycles. The van der Waals surface area contributed by atoms with Gasteiger partial charge >= 0.3 is 5.97 Å². The number of sulfone groups is 1. The van der Waals surface area contributed by atoms with Crippen molar-refractivity contribution in [3.05, 3.63) is 59.7 Å². The largest absolute Gasteiger partial charge is 0.449 e. The summed E-state index contributed by atoms with van der Waals surface area (Å²) >= 11 is 0. The highest BCUT2D eigenvalue weighted by Crippen LogP contribution is 2.19. The molecule has 7 heteroatoms. The third-order valence-electron chi connectivity index (χ3n) is 4.10. The van der Waals surface area contributed by atoms with Crippen molar-refractivity contribution in [2.75, 3.05) is 11.1 Å². The number of carbonyl (C=O) groups is 2. The lowest BCUT2D eigenvalue weighted by Crippen LogP contribution is -2.30. The molecule has 2 rings (SSSR count). The molecule has 0 saturated carbocycles. The quantitative estimate of drug-likeness (QED) is 0.735. The molecule has 0 radical (unpaired) electrons. The molecule has 1 amide bonds. The first-order chi connectivity index (χ1) is 12.8. The Morgan fingerprint density at radius 1 is 1.04 bits per heavy atom. The van der Waals surface area contributed by atoms with Gasteiger partial charge in [0.05, 0.1) is 16.2 Å². The number of hydrogen-bond acceptors (Lipinski definition) is 5. The molecule has 1 N–H and O–H groups in total. The third kappa shape index (κ3) is 5.17. The summed E-state index contributed by atoms with van der Waals surface area (Å²) in [7, 11) is -3.59. The van der Waals surface area contributed by atoms with Crippen molar-refractivity contribution >= 4 is 27.4 Å². The lowest BCUT2D eigenvalue weighted by Gasteiger charge is -2.15. The normalized spacial score (nSPS) is 12.3. The van der Waals surface area contributed by atoms with E-state index < -0.39 is 27.8 Å². The van der Waals surface area contributed by atoms with Crippen LogP contribution in [0.4, 0.5) is 5.69 Å². The summed E-state index contributed by atoms with van der Waals surface area (Å²) < 4.78 is 29.5. The Hall–Kier alpha value is -2.67. The van der Waals surface area contributed by atoms with Crippen molar-refractivity contribution in [3.63, 3.8) is 0 Å². The van der Waals surface area contributed by atoms with E-state index in [0.717, 1.165) is 12.0 Å². The van der Waals surface area contributed by atoms with Gasteiger partial charge in [0.15, 0.2) is 15.9 Å². The molecule has 0 spiro atoms. The highest BCUT2D eigenvalue weighted by atomic mass is 32.2. The Kier molecular flexibility index (Phi) is 6.74. The van der Waals surface area contributed by atoms with Gasteiger partial charge in [-0.05, 0) is 43.2 Å². The van der Waals surface area contributed by atoms with E-state index in [2.05, 4.69) is 5.32 Å². The minimum atomic E-state index is -3.59. The number of ether oxygens (including phenoxy) is 1. The van der Waals surface area contributed by atoms with E-state index in [-0.39, 0.29) is 16.2 Å². The SMILES string of the molecule is CCc1ccc(NC(=O)[C@@H](C)OC(=O)c2ccccc2S(=O)(=O)CC)cc1. The molecule has 27 heavy (non-hydrogen) atoms. The molecule has 0 heterocycles. The van der Waals surface area contributed by atoms with Gasteiger partial charge in [-0.1, -0.05) is 38.1 Å². The minimum Gasteiger partial charge on any atom is -0.449 e. The number of amides is 1. The summed E-state index contributed by atoms with van der Waals surface area (Å²) in [4.78, 5) is 24.6. The van der Waals surface area contributed by atoms with E-state index >= 15 is 0 Å². The summed E-state index contributed by atoms with van der Waals surface area (Å²) in [6.45, 7) is 4.97. The first kappa shape index (κ1) is 20.6. The van der Waals surface area contributed by atoms with E-state index in [1.807, 2.05) is 19.1 Å². The first-order valence-electron chi connectivity index (χ1n) is 8.71. The summed E-state index contributed by atoms with van der Waals surface area (Å²) in [5.74, 6) is -1.49. The highest BCUT2D eigenvalue weighted by molar-refractivity contribution is 7.91. The Balaban J connectivity index is 2.10. The van der Waals surface area contributed by atoms with Crippen molar-refractivity contribution in [1.29, 1.82) is 0 Å².